The Morgan fingerprint density at radius 2 is 1.86 bits per heavy atom. The fourth-order valence-corrected chi connectivity index (χ4v) is 3.90. The van der Waals surface area contributed by atoms with E-state index >= 15 is 0 Å². The first kappa shape index (κ1) is 26.8. The first-order chi connectivity index (χ1) is 16.5. The van der Waals surface area contributed by atoms with Gasteiger partial charge in [-0.05, 0) is 65.1 Å². The average molecular weight is 513 g/mol. The zero-order chi connectivity index (χ0) is 25.8. The molecule has 0 radical (unpaired) electrons. The number of amides is 1. The van der Waals surface area contributed by atoms with Gasteiger partial charge in [0, 0.05) is 33.8 Å². The van der Waals surface area contributed by atoms with Gasteiger partial charge in [-0.2, -0.15) is 5.10 Å². The number of likely N-dealkylation sites (N-methyl/N-ethyl adjacent to an activating group) is 1. The molecule has 0 aliphatic rings. The Labute approximate surface area is 216 Å². The van der Waals surface area contributed by atoms with E-state index in [0.29, 0.717) is 34.5 Å². The Kier molecular flexibility index (Phi) is 8.63. The van der Waals surface area contributed by atoms with Gasteiger partial charge in [-0.1, -0.05) is 47.2 Å². The maximum atomic E-state index is 13.0. The molecule has 0 atom stereocenters. The van der Waals surface area contributed by atoms with Gasteiger partial charge in [0.2, 0.25) is 0 Å². The second kappa shape index (κ2) is 11.3. The van der Waals surface area contributed by atoms with Crippen LogP contribution in [0, 0.1) is 18.8 Å². The minimum Gasteiger partial charge on any atom is -0.395 e. The van der Waals surface area contributed by atoms with E-state index in [2.05, 4.69) is 22.3 Å². The van der Waals surface area contributed by atoms with Crippen LogP contribution in [0.2, 0.25) is 10.0 Å². The number of aliphatic hydroxyl groups is 1. The van der Waals surface area contributed by atoms with Gasteiger partial charge in [-0.3, -0.25) is 9.69 Å². The third-order valence-corrected chi connectivity index (χ3v) is 5.74. The summed E-state index contributed by atoms with van der Waals surface area (Å²) in [6, 6.07) is 12.9. The predicted octanol–water partition coefficient (Wildman–Crippen LogP) is 4.96. The van der Waals surface area contributed by atoms with E-state index in [1.165, 1.54) is 0 Å². The van der Waals surface area contributed by atoms with Crippen molar-refractivity contribution in [3.63, 3.8) is 0 Å². The van der Waals surface area contributed by atoms with Crippen molar-refractivity contribution < 1.29 is 9.90 Å². The van der Waals surface area contributed by atoms with Crippen molar-refractivity contribution in [2.24, 2.45) is 0 Å². The van der Waals surface area contributed by atoms with E-state index in [0.717, 1.165) is 22.4 Å². The number of halogens is 2. The van der Waals surface area contributed by atoms with Gasteiger partial charge in [-0.15, -0.1) is 0 Å². The molecule has 1 amide bonds. The van der Waals surface area contributed by atoms with Crippen LogP contribution in [0.4, 0.5) is 0 Å². The Morgan fingerprint density at radius 1 is 1.17 bits per heavy atom. The van der Waals surface area contributed by atoms with Crippen molar-refractivity contribution in [3.8, 4) is 28.8 Å². The first-order valence-corrected chi connectivity index (χ1v) is 12.0. The molecule has 184 valence electrons. The summed E-state index contributed by atoms with van der Waals surface area (Å²) in [7, 11) is 1.90. The molecule has 0 bridgehead atoms. The summed E-state index contributed by atoms with van der Waals surface area (Å²) in [5, 5.41) is 17.8. The largest absolute Gasteiger partial charge is 0.395 e. The molecular formula is C27H30Cl2N4O2. The van der Waals surface area contributed by atoms with E-state index in [-0.39, 0.29) is 12.5 Å². The number of rotatable bonds is 6. The molecule has 0 unspecified atom stereocenters. The number of hydrogen-bond donors (Lipinski definition) is 2. The van der Waals surface area contributed by atoms with Crippen LogP contribution in [0.3, 0.4) is 0 Å². The second-order valence-corrected chi connectivity index (χ2v) is 10.2. The molecule has 2 aromatic carbocycles. The van der Waals surface area contributed by atoms with Crippen molar-refractivity contribution >= 4 is 29.1 Å². The number of hydrogen-bond acceptors (Lipinski definition) is 4. The van der Waals surface area contributed by atoms with Gasteiger partial charge in [0.25, 0.3) is 5.91 Å². The van der Waals surface area contributed by atoms with Gasteiger partial charge in [-0.25, -0.2) is 4.68 Å². The Balaban J connectivity index is 2.06. The zero-order valence-electron chi connectivity index (χ0n) is 20.6. The molecule has 0 aliphatic carbocycles. The molecule has 6 nitrogen and oxygen atoms in total. The summed E-state index contributed by atoms with van der Waals surface area (Å²) in [4.78, 5) is 15.0. The molecule has 1 aromatic heterocycles. The van der Waals surface area contributed by atoms with Gasteiger partial charge in [0.15, 0.2) is 5.69 Å². The number of carbonyl (C=O) groups is 1. The number of aliphatic hydroxyl groups excluding tert-OH is 1. The minimum absolute atomic E-state index is 0.0910. The monoisotopic (exact) mass is 512 g/mol. The second-order valence-electron chi connectivity index (χ2n) is 9.37. The van der Waals surface area contributed by atoms with Crippen LogP contribution in [0.1, 0.15) is 42.4 Å². The molecule has 0 saturated heterocycles. The van der Waals surface area contributed by atoms with Crippen LogP contribution in [0.25, 0.3) is 16.9 Å². The van der Waals surface area contributed by atoms with E-state index in [9.17, 15) is 4.79 Å². The lowest BCUT2D eigenvalue weighted by molar-refractivity contribution is 0.0913. The molecule has 0 spiro atoms. The Hall–Kier alpha value is -2.82. The zero-order valence-corrected chi connectivity index (χ0v) is 22.1. The Morgan fingerprint density at radius 3 is 2.46 bits per heavy atom. The molecule has 0 saturated carbocycles. The maximum Gasteiger partial charge on any atom is 0.272 e. The number of benzene rings is 2. The molecule has 1 heterocycles. The summed E-state index contributed by atoms with van der Waals surface area (Å²) in [6.07, 6.45) is 0. The molecule has 0 aliphatic heterocycles. The number of nitrogens with one attached hydrogen (secondary N) is 1. The topological polar surface area (TPSA) is 70.4 Å². The fourth-order valence-electron chi connectivity index (χ4n) is 3.52. The Bertz CT molecular complexity index is 1270. The quantitative estimate of drug-likeness (QED) is 0.458. The third-order valence-electron chi connectivity index (χ3n) is 5.18. The van der Waals surface area contributed by atoms with Crippen LogP contribution >= 0.6 is 23.2 Å². The molecule has 0 fully saturated rings. The third kappa shape index (κ3) is 6.87. The normalized spacial score (nSPS) is 11.3. The minimum atomic E-state index is -0.406. The standard InChI is InChI=1S/C27H30Cl2N4O2/c1-18-24(26(35)30-27(2,3)4)31-33(25(18)20-9-11-21(28)12-10-20)23-13-8-19(17-22(23)29)7-6-14-32(5)15-16-34/h8-13,17,34H,14-16H2,1-5H3,(H,30,35). The molecule has 3 rings (SSSR count). The highest BCUT2D eigenvalue weighted by molar-refractivity contribution is 6.32. The van der Waals surface area contributed by atoms with E-state index in [1.54, 1.807) is 22.9 Å². The lowest BCUT2D eigenvalue weighted by atomic mass is 10.0. The molecular weight excluding hydrogens is 483 g/mol. The van der Waals surface area contributed by atoms with E-state index in [1.807, 2.05) is 63.9 Å². The van der Waals surface area contributed by atoms with Crippen molar-refractivity contribution in [2.75, 3.05) is 26.7 Å². The van der Waals surface area contributed by atoms with Crippen molar-refractivity contribution in [1.82, 2.24) is 20.0 Å². The molecule has 3 aromatic rings. The van der Waals surface area contributed by atoms with Crippen molar-refractivity contribution in [2.45, 2.75) is 33.2 Å². The lowest BCUT2D eigenvalue weighted by Crippen LogP contribution is -2.41. The van der Waals surface area contributed by atoms with Crippen molar-refractivity contribution in [1.29, 1.82) is 0 Å². The molecule has 2 N–H and O–H groups in total. The fraction of sp³-hybridized carbons (Fsp3) is 0.333. The summed E-state index contributed by atoms with van der Waals surface area (Å²) >= 11 is 12.8. The van der Waals surface area contributed by atoms with Crippen LogP contribution < -0.4 is 5.32 Å². The van der Waals surface area contributed by atoms with E-state index in [4.69, 9.17) is 28.3 Å². The van der Waals surface area contributed by atoms with Gasteiger partial charge in [0.1, 0.15) is 0 Å². The number of aromatic nitrogens is 2. The molecule has 8 heteroatoms. The predicted molar refractivity (Wildman–Crippen MR) is 142 cm³/mol. The summed E-state index contributed by atoms with van der Waals surface area (Å²) in [5.74, 6) is 5.93. The van der Waals surface area contributed by atoms with Gasteiger partial charge < -0.3 is 10.4 Å². The SMILES string of the molecule is Cc1c(C(=O)NC(C)(C)C)nn(-c2ccc(C#CCN(C)CCO)cc2Cl)c1-c1ccc(Cl)cc1. The van der Waals surface area contributed by atoms with Crippen LogP contribution in [0.15, 0.2) is 42.5 Å². The highest BCUT2D eigenvalue weighted by Gasteiger charge is 2.25. The maximum absolute atomic E-state index is 13.0. The average Bonchev–Trinajstić information content (AvgIpc) is 3.10. The van der Waals surface area contributed by atoms with Crippen LogP contribution in [-0.4, -0.2) is 58.0 Å². The summed E-state index contributed by atoms with van der Waals surface area (Å²) < 4.78 is 1.70. The smallest absolute Gasteiger partial charge is 0.272 e. The van der Waals surface area contributed by atoms with Gasteiger partial charge >= 0.3 is 0 Å². The van der Waals surface area contributed by atoms with E-state index < -0.39 is 5.54 Å². The number of carbonyl (C=O) groups excluding carboxylic acids is 1. The number of nitrogens with zero attached hydrogens (tertiary/aromatic N) is 3. The first-order valence-electron chi connectivity index (χ1n) is 11.3. The van der Waals surface area contributed by atoms with Crippen LogP contribution in [0.5, 0.6) is 0 Å². The lowest BCUT2D eigenvalue weighted by Gasteiger charge is -2.19. The highest BCUT2D eigenvalue weighted by atomic mass is 35.5. The molecule has 35 heavy (non-hydrogen) atoms. The highest BCUT2D eigenvalue weighted by Crippen LogP contribution is 2.32. The van der Waals surface area contributed by atoms with Gasteiger partial charge in [0.05, 0.1) is 29.6 Å². The summed E-state index contributed by atoms with van der Waals surface area (Å²) in [6.45, 7) is 8.84. The van der Waals surface area contributed by atoms with Crippen LogP contribution in [-0.2, 0) is 0 Å². The van der Waals surface area contributed by atoms with Crippen molar-refractivity contribution in [3.05, 3.63) is 69.3 Å². The summed E-state index contributed by atoms with van der Waals surface area (Å²) in [5.41, 5.74) is 3.68.